The number of hydrogen-bond acceptors (Lipinski definition) is 9. The van der Waals surface area contributed by atoms with Gasteiger partial charge in [-0.25, -0.2) is 9.59 Å². The van der Waals surface area contributed by atoms with Crippen molar-refractivity contribution in [1.82, 2.24) is 0 Å². The van der Waals surface area contributed by atoms with Crippen LogP contribution in [0.25, 0.3) is 0 Å². The van der Waals surface area contributed by atoms with Crippen LogP contribution in [0.15, 0.2) is 0 Å². The molecule has 0 bridgehead atoms. The average Bonchev–Trinajstić information content (AvgIpc) is 2.48. The fourth-order valence-corrected chi connectivity index (χ4v) is 1.65. The standard InChI is InChI=1S/C12H20O12/c1-3(9(17)18)4(13)5(14)8(16)12(2,23)24-7(11(21)22)6(15)10(19)20/h3-8,13-16,23H,1-2H3,(H,17,18)(H,19,20)(H,21,22). The number of carboxylic acids is 3. The van der Waals surface area contributed by atoms with Crippen molar-refractivity contribution in [1.29, 1.82) is 0 Å². The normalized spacial score (nSPS) is 21.6. The molecule has 0 saturated heterocycles. The predicted molar refractivity (Wildman–Crippen MR) is 71.6 cm³/mol. The minimum Gasteiger partial charge on any atom is -0.481 e. The predicted octanol–water partition coefficient (Wildman–Crippen LogP) is -3.59. The lowest BCUT2D eigenvalue weighted by atomic mass is 9.93. The van der Waals surface area contributed by atoms with Crippen molar-refractivity contribution in [2.75, 3.05) is 0 Å². The van der Waals surface area contributed by atoms with Gasteiger partial charge in [-0.1, -0.05) is 0 Å². The van der Waals surface area contributed by atoms with Crippen LogP contribution in [0.1, 0.15) is 13.8 Å². The Kier molecular flexibility index (Phi) is 7.69. The Morgan fingerprint density at radius 1 is 0.875 bits per heavy atom. The van der Waals surface area contributed by atoms with E-state index in [0.29, 0.717) is 6.92 Å². The highest BCUT2D eigenvalue weighted by atomic mass is 16.7. The van der Waals surface area contributed by atoms with Crippen molar-refractivity contribution in [3.63, 3.8) is 0 Å². The molecule has 0 radical (unpaired) electrons. The van der Waals surface area contributed by atoms with Gasteiger partial charge in [-0.15, -0.1) is 0 Å². The summed E-state index contributed by atoms with van der Waals surface area (Å²) in [5, 5.41) is 74.4. The molecule has 0 aromatic carbocycles. The largest absolute Gasteiger partial charge is 0.481 e. The summed E-state index contributed by atoms with van der Waals surface area (Å²) >= 11 is 0. The van der Waals surface area contributed by atoms with Crippen molar-refractivity contribution in [3.05, 3.63) is 0 Å². The second-order valence-electron chi connectivity index (χ2n) is 5.27. The van der Waals surface area contributed by atoms with E-state index in [1.54, 1.807) is 0 Å². The SMILES string of the molecule is CC(C(=O)O)C(O)C(O)C(O)C(C)(O)OC(C(=O)O)C(O)C(=O)O. The van der Waals surface area contributed by atoms with Crippen molar-refractivity contribution < 1.29 is 60.0 Å². The zero-order valence-electron chi connectivity index (χ0n) is 12.7. The molecule has 7 unspecified atom stereocenters. The van der Waals surface area contributed by atoms with Crippen molar-refractivity contribution >= 4 is 17.9 Å². The Bertz CT molecular complexity index is 475. The van der Waals surface area contributed by atoms with Crippen LogP contribution in [0.3, 0.4) is 0 Å². The molecule has 0 spiro atoms. The van der Waals surface area contributed by atoms with Gasteiger partial charge in [-0.3, -0.25) is 4.79 Å². The molecule has 0 aliphatic carbocycles. The molecular formula is C12H20O12. The van der Waals surface area contributed by atoms with Gasteiger partial charge in [0.2, 0.25) is 0 Å². The molecule has 0 rings (SSSR count). The van der Waals surface area contributed by atoms with Crippen LogP contribution in [0, 0.1) is 5.92 Å². The first kappa shape index (κ1) is 22.2. The Balaban J connectivity index is 5.29. The summed E-state index contributed by atoms with van der Waals surface area (Å²) in [6.07, 6.45) is -11.9. The molecule has 0 fully saturated rings. The maximum absolute atomic E-state index is 10.9. The molecule has 0 saturated carbocycles. The van der Waals surface area contributed by atoms with Crippen molar-refractivity contribution in [2.45, 2.75) is 50.2 Å². The van der Waals surface area contributed by atoms with Crippen LogP contribution < -0.4 is 0 Å². The summed E-state index contributed by atoms with van der Waals surface area (Å²) in [4.78, 5) is 32.3. The van der Waals surface area contributed by atoms with Crippen LogP contribution in [-0.2, 0) is 19.1 Å². The molecule has 0 aromatic rings. The molecule has 140 valence electrons. The van der Waals surface area contributed by atoms with Gasteiger partial charge >= 0.3 is 17.9 Å². The third-order valence-electron chi connectivity index (χ3n) is 3.27. The molecule has 12 heteroatoms. The van der Waals surface area contributed by atoms with Crippen LogP contribution in [-0.4, -0.2) is 95.1 Å². The number of carboxylic acid groups (broad SMARTS) is 3. The second kappa shape index (κ2) is 8.32. The smallest absolute Gasteiger partial charge is 0.336 e. The van der Waals surface area contributed by atoms with Gasteiger partial charge in [-0.05, 0) is 13.8 Å². The quantitative estimate of drug-likeness (QED) is 0.178. The van der Waals surface area contributed by atoms with Gasteiger partial charge in [0.15, 0.2) is 18.0 Å². The van der Waals surface area contributed by atoms with Gasteiger partial charge in [-0.2, -0.15) is 0 Å². The first-order chi connectivity index (χ1) is 10.7. The molecule has 7 atom stereocenters. The van der Waals surface area contributed by atoms with Crippen LogP contribution in [0.2, 0.25) is 0 Å². The van der Waals surface area contributed by atoms with Crippen molar-refractivity contribution in [3.8, 4) is 0 Å². The molecular weight excluding hydrogens is 336 g/mol. The Morgan fingerprint density at radius 3 is 1.67 bits per heavy atom. The van der Waals surface area contributed by atoms with E-state index < -0.39 is 60.1 Å². The number of rotatable bonds is 10. The molecule has 0 aromatic heterocycles. The van der Waals surface area contributed by atoms with Gasteiger partial charge in [0.05, 0.1) is 12.0 Å². The highest BCUT2D eigenvalue weighted by Crippen LogP contribution is 2.23. The van der Waals surface area contributed by atoms with E-state index in [-0.39, 0.29) is 0 Å². The minimum absolute atomic E-state index is 0.629. The summed E-state index contributed by atoms with van der Waals surface area (Å²) in [5.41, 5.74) is 0. The number of carbonyl (C=O) groups is 3. The number of ether oxygens (including phenoxy) is 1. The van der Waals surface area contributed by atoms with Crippen molar-refractivity contribution in [2.24, 2.45) is 5.92 Å². The van der Waals surface area contributed by atoms with E-state index >= 15 is 0 Å². The van der Waals surface area contributed by atoms with E-state index in [1.165, 1.54) is 0 Å². The summed E-state index contributed by atoms with van der Waals surface area (Å²) in [7, 11) is 0. The van der Waals surface area contributed by atoms with E-state index in [0.717, 1.165) is 6.92 Å². The zero-order valence-corrected chi connectivity index (χ0v) is 12.7. The molecule has 0 amide bonds. The summed E-state index contributed by atoms with van der Waals surface area (Å²) < 4.78 is 4.45. The summed E-state index contributed by atoms with van der Waals surface area (Å²) in [6, 6.07) is 0. The molecule has 0 heterocycles. The lowest BCUT2D eigenvalue weighted by molar-refractivity contribution is -0.296. The average molecular weight is 356 g/mol. The Labute approximate surface area is 135 Å². The zero-order chi connectivity index (χ0) is 19.4. The third-order valence-corrected chi connectivity index (χ3v) is 3.27. The van der Waals surface area contributed by atoms with Gasteiger partial charge in [0.1, 0.15) is 12.2 Å². The van der Waals surface area contributed by atoms with Gasteiger partial charge < -0.3 is 45.6 Å². The topological polar surface area (TPSA) is 222 Å². The van der Waals surface area contributed by atoms with E-state index in [9.17, 15) is 39.9 Å². The summed E-state index contributed by atoms with van der Waals surface area (Å²) in [5.74, 6) is -10.0. The minimum atomic E-state index is -2.95. The van der Waals surface area contributed by atoms with E-state index in [2.05, 4.69) is 4.74 Å². The van der Waals surface area contributed by atoms with E-state index in [1.807, 2.05) is 0 Å². The van der Waals surface area contributed by atoms with Crippen LogP contribution in [0.5, 0.6) is 0 Å². The Hall–Kier alpha value is -1.83. The third kappa shape index (κ3) is 5.36. The van der Waals surface area contributed by atoms with Crippen LogP contribution in [0.4, 0.5) is 0 Å². The molecule has 8 N–H and O–H groups in total. The number of aliphatic carboxylic acids is 3. The highest BCUT2D eigenvalue weighted by Gasteiger charge is 2.47. The molecule has 0 aliphatic heterocycles. The van der Waals surface area contributed by atoms with Crippen LogP contribution >= 0.6 is 0 Å². The first-order valence-corrected chi connectivity index (χ1v) is 6.54. The lowest BCUT2D eigenvalue weighted by Gasteiger charge is -2.36. The maximum Gasteiger partial charge on any atom is 0.336 e. The highest BCUT2D eigenvalue weighted by molar-refractivity contribution is 5.83. The Morgan fingerprint density at radius 2 is 1.33 bits per heavy atom. The van der Waals surface area contributed by atoms with E-state index in [4.69, 9.17) is 15.3 Å². The maximum atomic E-state index is 10.9. The van der Waals surface area contributed by atoms with Gasteiger partial charge in [0, 0.05) is 0 Å². The summed E-state index contributed by atoms with van der Waals surface area (Å²) in [6.45, 7) is 1.62. The number of hydrogen-bond donors (Lipinski definition) is 8. The monoisotopic (exact) mass is 356 g/mol. The lowest BCUT2D eigenvalue weighted by Crippen LogP contribution is -2.58. The second-order valence-corrected chi connectivity index (χ2v) is 5.27. The number of aliphatic hydroxyl groups excluding tert-OH is 4. The molecule has 24 heavy (non-hydrogen) atoms. The van der Waals surface area contributed by atoms with Gasteiger partial charge in [0.25, 0.3) is 0 Å². The fraction of sp³-hybridized carbons (Fsp3) is 0.750. The number of aliphatic hydroxyl groups is 5. The fourth-order valence-electron chi connectivity index (χ4n) is 1.65. The molecule has 12 nitrogen and oxygen atoms in total. The first-order valence-electron chi connectivity index (χ1n) is 6.54. The molecule has 0 aliphatic rings.